The zero-order valence-electron chi connectivity index (χ0n) is 18.8. The molecule has 1 N–H and O–H groups in total. The van der Waals surface area contributed by atoms with Crippen LogP contribution < -0.4 is 5.32 Å². The number of fused-ring (bicyclic) bond motifs is 1. The van der Waals surface area contributed by atoms with Crippen LogP contribution in [-0.2, 0) is 10.3 Å². The van der Waals surface area contributed by atoms with E-state index in [2.05, 4.69) is 5.32 Å². The van der Waals surface area contributed by atoms with Crippen LogP contribution in [0, 0.1) is 5.82 Å². The summed E-state index contributed by atoms with van der Waals surface area (Å²) < 4.78 is 16.1. The third-order valence-corrected chi connectivity index (χ3v) is 6.23. The van der Waals surface area contributed by atoms with Crippen LogP contribution in [-0.4, -0.2) is 44.9 Å². The summed E-state index contributed by atoms with van der Waals surface area (Å²) in [6, 6.07) is 8.19. The number of hydrogen-bond acceptors (Lipinski definition) is 3. The maximum absolute atomic E-state index is 14.1. The monoisotopic (exact) mass is 456 g/mol. The number of carbonyl (C=O) groups excluding carboxylic acids is 2. The van der Waals surface area contributed by atoms with E-state index in [4.69, 9.17) is 16.6 Å². The maximum atomic E-state index is 14.1. The largest absolute Gasteiger partial charge is 0.352 e. The molecule has 0 unspecified atom stereocenters. The molecule has 32 heavy (non-hydrogen) atoms. The van der Waals surface area contributed by atoms with Crippen molar-refractivity contribution in [2.45, 2.75) is 45.7 Å². The average molecular weight is 457 g/mol. The van der Waals surface area contributed by atoms with Crippen molar-refractivity contribution in [1.82, 2.24) is 19.8 Å². The first-order valence-corrected chi connectivity index (χ1v) is 10.9. The normalized spacial score (nSPS) is 16.3. The minimum absolute atomic E-state index is 0.0625. The Labute approximate surface area is 191 Å². The second-order valence-corrected chi connectivity index (χ2v) is 9.96. The van der Waals surface area contributed by atoms with Gasteiger partial charge in [0, 0.05) is 35.8 Å². The molecule has 0 atom stereocenters. The molecule has 3 aromatic rings. The summed E-state index contributed by atoms with van der Waals surface area (Å²) in [5.74, 6) is -0.984. The molecule has 1 aromatic carbocycles. The first-order chi connectivity index (χ1) is 14.9. The van der Waals surface area contributed by atoms with Gasteiger partial charge in [0.2, 0.25) is 5.91 Å². The van der Waals surface area contributed by atoms with Crippen LogP contribution in [0.4, 0.5) is 4.39 Å². The summed E-state index contributed by atoms with van der Waals surface area (Å²) in [7, 11) is 0. The highest BCUT2D eigenvalue weighted by atomic mass is 35.5. The molecule has 4 rings (SSSR count). The minimum atomic E-state index is -0.968. The van der Waals surface area contributed by atoms with Gasteiger partial charge in [0.05, 0.1) is 5.02 Å². The SMILES string of the molecule is CC1(C)C(=O)NCCN1C(=O)c1ccc2c(-c3ccc(Cl)c(F)c3)cn(C(C)(C)C)c2n1. The van der Waals surface area contributed by atoms with Crippen molar-refractivity contribution in [3.05, 3.63) is 53.1 Å². The van der Waals surface area contributed by atoms with Gasteiger partial charge in [0.1, 0.15) is 22.7 Å². The fourth-order valence-electron chi connectivity index (χ4n) is 4.02. The number of piperazine rings is 1. The lowest BCUT2D eigenvalue weighted by Crippen LogP contribution is -2.63. The lowest BCUT2D eigenvalue weighted by molar-refractivity contribution is -0.133. The molecule has 0 saturated carbocycles. The van der Waals surface area contributed by atoms with Crippen molar-refractivity contribution in [3.63, 3.8) is 0 Å². The summed E-state index contributed by atoms with van der Waals surface area (Å²) in [5, 5.41) is 3.66. The molecule has 168 valence electrons. The molecular weight excluding hydrogens is 431 g/mol. The molecule has 0 spiro atoms. The first kappa shape index (κ1) is 22.3. The molecule has 1 aliphatic rings. The molecule has 1 aliphatic heterocycles. The molecule has 2 amide bonds. The summed E-state index contributed by atoms with van der Waals surface area (Å²) in [5.41, 5.74) is 1.06. The zero-order valence-corrected chi connectivity index (χ0v) is 19.5. The van der Waals surface area contributed by atoms with Crippen molar-refractivity contribution in [2.24, 2.45) is 0 Å². The van der Waals surface area contributed by atoms with Gasteiger partial charge in [-0.05, 0) is 64.4 Å². The Hall–Kier alpha value is -2.93. The molecule has 0 radical (unpaired) electrons. The van der Waals surface area contributed by atoms with Gasteiger partial charge in [-0.1, -0.05) is 17.7 Å². The van der Waals surface area contributed by atoms with E-state index < -0.39 is 11.4 Å². The van der Waals surface area contributed by atoms with Gasteiger partial charge in [0.25, 0.3) is 5.91 Å². The standard InChI is InChI=1S/C24H26ClFN4O2/c1-23(2,3)30-13-16(14-6-8-17(25)18(26)12-14)15-7-9-19(28-20(15)30)21(31)29-11-10-27-22(32)24(29,4)5/h6-9,12-13H,10-11H2,1-5H3,(H,27,32). The first-order valence-electron chi connectivity index (χ1n) is 10.5. The van der Waals surface area contributed by atoms with Gasteiger partial charge in [-0.2, -0.15) is 0 Å². The molecule has 6 nitrogen and oxygen atoms in total. The third-order valence-electron chi connectivity index (χ3n) is 5.92. The number of nitrogens with one attached hydrogen (secondary N) is 1. The average Bonchev–Trinajstić information content (AvgIpc) is 3.11. The molecule has 3 heterocycles. The minimum Gasteiger partial charge on any atom is -0.352 e. The highest BCUT2D eigenvalue weighted by Crippen LogP contribution is 2.35. The van der Waals surface area contributed by atoms with Crippen molar-refractivity contribution in [3.8, 4) is 11.1 Å². The fourth-order valence-corrected chi connectivity index (χ4v) is 4.14. The number of pyridine rings is 1. The van der Waals surface area contributed by atoms with Crippen LogP contribution in [0.2, 0.25) is 5.02 Å². The summed E-state index contributed by atoms with van der Waals surface area (Å²) >= 11 is 5.86. The Kier molecular flexibility index (Phi) is 5.28. The van der Waals surface area contributed by atoms with E-state index in [9.17, 15) is 14.0 Å². The summed E-state index contributed by atoms with van der Waals surface area (Å²) in [4.78, 5) is 31.9. The van der Waals surface area contributed by atoms with Crippen LogP contribution in [0.15, 0.2) is 36.5 Å². The van der Waals surface area contributed by atoms with E-state index in [0.717, 1.165) is 10.9 Å². The molecule has 8 heteroatoms. The van der Waals surface area contributed by atoms with Crippen molar-refractivity contribution in [1.29, 1.82) is 0 Å². The maximum Gasteiger partial charge on any atom is 0.273 e. The topological polar surface area (TPSA) is 67.2 Å². The van der Waals surface area contributed by atoms with Crippen LogP contribution in [0.25, 0.3) is 22.2 Å². The van der Waals surface area contributed by atoms with E-state index in [1.165, 1.54) is 12.1 Å². The number of aromatic nitrogens is 2. The van der Waals surface area contributed by atoms with Gasteiger partial charge in [-0.3, -0.25) is 9.59 Å². The quantitative estimate of drug-likeness (QED) is 0.612. The van der Waals surface area contributed by atoms with Crippen molar-refractivity contribution < 1.29 is 14.0 Å². The highest BCUT2D eigenvalue weighted by Gasteiger charge is 2.41. The second-order valence-electron chi connectivity index (χ2n) is 9.55. The lowest BCUT2D eigenvalue weighted by Gasteiger charge is -2.40. The fraction of sp³-hybridized carbons (Fsp3) is 0.375. The predicted molar refractivity (Wildman–Crippen MR) is 123 cm³/mol. The number of nitrogens with zero attached hydrogens (tertiary/aromatic N) is 3. The Bertz CT molecular complexity index is 1240. The van der Waals surface area contributed by atoms with E-state index in [1.807, 2.05) is 37.6 Å². The number of carbonyl (C=O) groups is 2. The number of benzene rings is 1. The molecular formula is C24H26ClFN4O2. The van der Waals surface area contributed by atoms with Crippen LogP contribution in [0.3, 0.4) is 0 Å². The molecule has 2 aromatic heterocycles. The van der Waals surface area contributed by atoms with E-state index in [0.29, 0.717) is 24.3 Å². The van der Waals surface area contributed by atoms with Gasteiger partial charge < -0.3 is 14.8 Å². The lowest BCUT2D eigenvalue weighted by atomic mass is 9.98. The van der Waals surface area contributed by atoms with Gasteiger partial charge in [0.15, 0.2) is 0 Å². The second kappa shape index (κ2) is 7.59. The Morgan fingerprint density at radius 3 is 2.59 bits per heavy atom. The van der Waals surface area contributed by atoms with Crippen LogP contribution in [0.5, 0.6) is 0 Å². The number of rotatable bonds is 2. The smallest absolute Gasteiger partial charge is 0.273 e. The number of hydrogen-bond donors (Lipinski definition) is 1. The van der Waals surface area contributed by atoms with E-state index in [-0.39, 0.29) is 28.1 Å². The third kappa shape index (κ3) is 3.64. The number of amides is 2. The molecule has 1 fully saturated rings. The summed E-state index contributed by atoms with van der Waals surface area (Å²) in [6.45, 7) is 10.4. The molecule has 0 aliphatic carbocycles. The molecule has 0 bridgehead atoms. The van der Waals surface area contributed by atoms with Crippen molar-refractivity contribution >= 4 is 34.4 Å². The number of halogens is 2. The summed E-state index contributed by atoms with van der Waals surface area (Å²) in [6.07, 6.45) is 1.92. The van der Waals surface area contributed by atoms with Gasteiger partial charge in [-0.25, -0.2) is 9.37 Å². The Balaban J connectivity index is 1.86. The molecule has 1 saturated heterocycles. The van der Waals surface area contributed by atoms with Gasteiger partial charge >= 0.3 is 0 Å². The predicted octanol–water partition coefficient (Wildman–Crippen LogP) is 4.60. The van der Waals surface area contributed by atoms with Gasteiger partial charge in [-0.15, -0.1) is 0 Å². The zero-order chi connectivity index (χ0) is 23.4. The Morgan fingerprint density at radius 2 is 1.94 bits per heavy atom. The van der Waals surface area contributed by atoms with Crippen LogP contribution in [0.1, 0.15) is 45.1 Å². The van der Waals surface area contributed by atoms with Crippen molar-refractivity contribution in [2.75, 3.05) is 13.1 Å². The van der Waals surface area contributed by atoms with E-state index in [1.54, 1.807) is 30.9 Å². The van der Waals surface area contributed by atoms with Crippen LogP contribution >= 0.6 is 11.6 Å². The Morgan fingerprint density at radius 1 is 1.22 bits per heavy atom. The highest BCUT2D eigenvalue weighted by molar-refractivity contribution is 6.30. The van der Waals surface area contributed by atoms with E-state index >= 15 is 0 Å².